The molecule has 0 saturated carbocycles. The number of aryl methyl sites for hydroxylation is 5. The van der Waals surface area contributed by atoms with Crippen molar-refractivity contribution in [2.45, 2.75) is 58.0 Å². The summed E-state index contributed by atoms with van der Waals surface area (Å²) in [7, 11) is 0. The van der Waals surface area contributed by atoms with Crippen LogP contribution in [0.3, 0.4) is 0 Å². The van der Waals surface area contributed by atoms with Crippen LogP contribution in [-0.2, 0) is 32.1 Å². The molecule has 0 N–H and O–H groups in total. The van der Waals surface area contributed by atoms with Gasteiger partial charge in [-0.3, -0.25) is 0 Å². The molecule has 38 heavy (non-hydrogen) atoms. The normalized spacial score (nSPS) is 11.7. The van der Waals surface area contributed by atoms with E-state index in [4.69, 9.17) is 0 Å². The zero-order valence-corrected chi connectivity index (χ0v) is 21.4. The molecule has 4 aromatic carbocycles. The van der Waals surface area contributed by atoms with Crippen LogP contribution >= 0.6 is 0 Å². The summed E-state index contributed by atoms with van der Waals surface area (Å²) in [4.78, 5) is 0. The van der Waals surface area contributed by atoms with Crippen LogP contribution in [-0.4, -0.2) is 12.8 Å². The van der Waals surface area contributed by atoms with Crippen molar-refractivity contribution in [2.75, 3.05) is 6.61 Å². The number of ether oxygens (including phenoxy) is 1. The number of halogens is 5. The first-order chi connectivity index (χ1) is 18.2. The van der Waals surface area contributed by atoms with Crippen LogP contribution in [0.1, 0.15) is 47.6 Å². The minimum absolute atomic E-state index is 0.303. The molecule has 0 saturated heterocycles. The summed E-state index contributed by atoms with van der Waals surface area (Å²) < 4.78 is 70.8. The zero-order chi connectivity index (χ0) is 27.1. The fourth-order valence-electron chi connectivity index (χ4n) is 4.53. The van der Waals surface area contributed by atoms with E-state index >= 15 is 4.39 Å². The third-order valence-electron chi connectivity index (χ3n) is 6.71. The van der Waals surface area contributed by atoms with Gasteiger partial charge in [0.1, 0.15) is 5.82 Å². The number of unbranched alkanes of at least 4 members (excludes halogenated alkanes) is 1. The molecule has 0 atom stereocenters. The fraction of sp³-hybridized carbons (Fsp3) is 0.312. The Balaban J connectivity index is 1.37. The third-order valence-corrected chi connectivity index (χ3v) is 6.71. The average Bonchev–Trinajstić information content (AvgIpc) is 2.90. The standard InChI is InChI=1S/C32H31F5O/c1-2-3-4-22-5-7-23(8-6-22)9-10-24-12-17-28-27(19-24)16-15-26(31(28)34)14-11-25-13-18-30(29(33)20-25)38-21-32(35,36)37/h5-8,12-13,15-20H,2-4,9-11,14,21H2,1H3. The van der Waals surface area contributed by atoms with Crippen molar-refractivity contribution >= 4 is 10.8 Å². The van der Waals surface area contributed by atoms with Gasteiger partial charge in [0.05, 0.1) is 0 Å². The second kappa shape index (κ2) is 12.4. The molecule has 1 nitrogen and oxygen atoms in total. The van der Waals surface area contributed by atoms with Gasteiger partial charge < -0.3 is 4.74 Å². The lowest BCUT2D eigenvalue weighted by Gasteiger charge is -2.11. The van der Waals surface area contributed by atoms with Gasteiger partial charge in [-0.2, -0.15) is 13.2 Å². The average molecular weight is 527 g/mol. The summed E-state index contributed by atoms with van der Waals surface area (Å²) in [6, 6.07) is 22.0. The molecule has 0 spiro atoms. The van der Waals surface area contributed by atoms with Gasteiger partial charge >= 0.3 is 6.18 Å². The Bertz CT molecular complexity index is 1360. The van der Waals surface area contributed by atoms with Gasteiger partial charge in [-0.15, -0.1) is 0 Å². The monoisotopic (exact) mass is 526 g/mol. The molecule has 0 aliphatic rings. The van der Waals surface area contributed by atoms with Crippen LogP contribution in [0.25, 0.3) is 10.8 Å². The molecular weight excluding hydrogens is 495 g/mol. The minimum Gasteiger partial charge on any atom is -0.481 e. The second-order valence-corrected chi connectivity index (χ2v) is 9.68. The SMILES string of the molecule is CCCCc1ccc(CCc2ccc3c(F)c(CCc4ccc(OCC(F)(F)F)c(F)c4)ccc3c2)cc1. The summed E-state index contributed by atoms with van der Waals surface area (Å²) in [6.45, 7) is 0.637. The maximum atomic E-state index is 15.2. The van der Waals surface area contributed by atoms with Crippen LogP contribution < -0.4 is 4.74 Å². The highest BCUT2D eigenvalue weighted by Gasteiger charge is 2.29. The van der Waals surface area contributed by atoms with Crippen molar-refractivity contribution in [3.05, 3.63) is 112 Å². The Kier molecular flexibility index (Phi) is 9.03. The summed E-state index contributed by atoms with van der Waals surface area (Å²) in [5.41, 5.74) is 4.84. The number of benzene rings is 4. The van der Waals surface area contributed by atoms with E-state index in [2.05, 4.69) is 35.9 Å². The Labute approximate surface area is 220 Å². The van der Waals surface area contributed by atoms with Crippen molar-refractivity contribution < 1.29 is 26.7 Å². The van der Waals surface area contributed by atoms with Crippen LogP contribution in [0.15, 0.2) is 72.8 Å². The summed E-state index contributed by atoms with van der Waals surface area (Å²) >= 11 is 0. The lowest BCUT2D eigenvalue weighted by Crippen LogP contribution is -2.19. The van der Waals surface area contributed by atoms with Crippen LogP contribution in [0.2, 0.25) is 0 Å². The molecule has 0 unspecified atom stereocenters. The number of alkyl halides is 3. The second-order valence-electron chi connectivity index (χ2n) is 9.68. The first-order valence-electron chi connectivity index (χ1n) is 13.0. The highest BCUT2D eigenvalue weighted by Crippen LogP contribution is 2.26. The smallest absolute Gasteiger partial charge is 0.422 e. The fourth-order valence-corrected chi connectivity index (χ4v) is 4.53. The van der Waals surface area contributed by atoms with Crippen molar-refractivity contribution in [3.8, 4) is 5.75 Å². The van der Waals surface area contributed by atoms with Gasteiger partial charge in [-0.25, -0.2) is 8.78 Å². The summed E-state index contributed by atoms with van der Waals surface area (Å²) in [5.74, 6) is -1.63. The first-order valence-corrected chi connectivity index (χ1v) is 13.0. The number of hydrogen-bond acceptors (Lipinski definition) is 1. The van der Waals surface area contributed by atoms with Crippen LogP contribution in [0.4, 0.5) is 22.0 Å². The van der Waals surface area contributed by atoms with Gasteiger partial charge in [0, 0.05) is 5.39 Å². The molecule has 200 valence electrons. The van der Waals surface area contributed by atoms with E-state index in [0.717, 1.165) is 36.3 Å². The van der Waals surface area contributed by atoms with Crippen LogP contribution in [0, 0.1) is 11.6 Å². The highest BCUT2D eigenvalue weighted by atomic mass is 19.4. The number of rotatable bonds is 11. The molecule has 0 aliphatic carbocycles. The molecule has 0 aliphatic heterocycles. The van der Waals surface area contributed by atoms with Gasteiger partial charge in [-0.05, 0) is 83.9 Å². The Morgan fingerprint density at radius 3 is 1.95 bits per heavy atom. The predicted molar refractivity (Wildman–Crippen MR) is 142 cm³/mol. The molecule has 4 rings (SSSR count). The lowest BCUT2D eigenvalue weighted by atomic mass is 9.97. The van der Waals surface area contributed by atoms with Gasteiger partial charge in [0.2, 0.25) is 0 Å². The minimum atomic E-state index is -4.54. The molecule has 6 heteroatoms. The summed E-state index contributed by atoms with van der Waals surface area (Å²) in [6.07, 6.45) is 1.40. The zero-order valence-electron chi connectivity index (χ0n) is 21.4. The number of hydrogen-bond donors (Lipinski definition) is 0. The topological polar surface area (TPSA) is 9.23 Å². The Hall–Kier alpha value is -3.41. The highest BCUT2D eigenvalue weighted by molar-refractivity contribution is 5.84. The van der Waals surface area contributed by atoms with Gasteiger partial charge in [-0.1, -0.05) is 74.0 Å². The summed E-state index contributed by atoms with van der Waals surface area (Å²) in [5, 5.41) is 1.37. The van der Waals surface area contributed by atoms with Gasteiger partial charge in [0.15, 0.2) is 18.2 Å². The maximum absolute atomic E-state index is 15.2. The largest absolute Gasteiger partial charge is 0.481 e. The first kappa shape index (κ1) is 27.6. The quantitative estimate of drug-likeness (QED) is 0.177. The Morgan fingerprint density at radius 1 is 0.658 bits per heavy atom. The van der Waals surface area contributed by atoms with E-state index in [1.54, 1.807) is 6.07 Å². The van der Waals surface area contributed by atoms with E-state index < -0.39 is 24.3 Å². The van der Waals surface area contributed by atoms with E-state index in [0.29, 0.717) is 29.4 Å². The molecule has 0 radical (unpaired) electrons. The molecule has 4 aromatic rings. The molecule has 0 amide bonds. The van der Waals surface area contributed by atoms with E-state index in [-0.39, 0.29) is 5.82 Å². The molecule has 0 heterocycles. The molecule has 0 bridgehead atoms. The molecule has 0 fully saturated rings. The van der Waals surface area contributed by atoms with Crippen molar-refractivity contribution in [2.24, 2.45) is 0 Å². The van der Waals surface area contributed by atoms with E-state index in [1.807, 2.05) is 24.3 Å². The van der Waals surface area contributed by atoms with Crippen molar-refractivity contribution in [1.29, 1.82) is 0 Å². The van der Waals surface area contributed by atoms with E-state index in [1.165, 1.54) is 36.1 Å². The lowest BCUT2D eigenvalue weighted by molar-refractivity contribution is -0.153. The molecule has 0 aromatic heterocycles. The third kappa shape index (κ3) is 7.56. The molecular formula is C32H31F5O. The maximum Gasteiger partial charge on any atom is 0.422 e. The van der Waals surface area contributed by atoms with Crippen LogP contribution in [0.5, 0.6) is 5.75 Å². The Morgan fingerprint density at radius 2 is 1.26 bits per heavy atom. The van der Waals surface area contributed by atoms with Crippen molar-refractivity contribution in [1.82, 2.24) is 0 Å². The van der Waals surface area contributed by atoms with Gasteiger partial charge in [0.25, 0.3) is 0 Å². The van der Waals surface area contributed by atoms with Crippen molar-refractivity contribution in [3.63, 3.8) is 0 Å². The predicted octanol–water partition coefficient (Wildman–Crippen LogP) is 8.97. The van der Waals surface area contributed by atoms with E-state index in [9.17, 15) is 17.6 Å². The number of fused-ring (bicyclic) bond motifs is 1.